The summed E-state index contributed by atoms with van der Waals surface area (Å²) < 4.78 is 0. The van der Waals surface area contributed by atoms with Gasteiger partial charge in [-0.1, -0.05) is 57.4 Å². The largest absolute Gasteiger partial charge is 0.321 e. The van der Waals surface area contributed by atoms with Gasteiger partial charge in [-0.15, -0.1) is 0 Å². The van der Waals surface area contributed by atoms with Crippen LogP contribution in [0, 0.1) is 5.92 Å². The van der Waals surface area contributed by atoms with Crippen molar-refractivity contribution in [3.63, 3.8) is 0 Å². The lowest BCUT2D eigenvalue weighted by molar-refractivity contribution is 0.239. The molecule has 1 aromatic rings. The molecule has 1 nitrogen and oxygen atoms in total. The Labute approximate surface area is 105 Å². The minimum absolute atomic E-state index is 0.0671. The summed E-state index contributed by atoms with van der Waals surface area (Å²) in [5, 5.41) is 0. The monoisotopic (exact) mass is 231 g/mol. The van der Waals surface area contributed by atoms with E-state index in [1.165, 1.54) is 36.8 Å². The number of rotatable bonds is 3. The van der Waals surface area contributed by atoms with Crippen LogP contribution in [0.2, 0.25) is 0 Å². The normalized spacial score (nSPS) is 29.2. The molecule has 0 aliphatic heterocycles. The molecule has 1 aliphatic rings. The number of benzene rings is 1. The van der Waals surface area contributed by atoms with Crippen molar-refractivity contribution in [3.8, 4) is 0 Å². The molecule has 0 spiro atoms. The smallest absolute Gasteiger partial charge is 0.0412 e. The average molecular weight is 231 g/mol. The Morgan fingerprint density at radius 1 is 1.29 bits per heavy atom. The Kier molecular flexibility index (Phi) is 3.88. The second-order valence-electron chi connectivity index (χ2n) is 5.80. The van der Waals surface area contributed by atoms with E-state index in [1.807, 2.05) is 0 Å². The van der Waals surface area contributed by atoms with E-state index in [-0.39, 0.29) is 5.54 Å². The van der Waals surface area contributed by atoms with Crippen LogP contribution in [0.15, 0.2) is 24.3 Å². The molecule has 1 fully saturated rings. The van der Waals surface area contributed by atoms with E-state index < -0.39 is 0 Å². The number of hydrogen-bond donors (Lipinski definition) is 1. The van der Waals surface area contributed by atoms with Gasteiger partial charge < -0.3 is 5.73 Å². The molecule has 0 amide bonds. The fourth-order valence-corrected chi connectivity index (χ4v) is 3.15. The van der Waals surface area contributed by atoms with Gasteiger partial charge in [-0.05, 0) is 36.3 Å². The summed E-state index contributed by atoms with van der Waals surface area (Å²) in [7, 11) is 0. The van der Waals surface area contributed by atoms with E-state index >= 15 is 0 Å². The fourth-order valence-electron chi connectivity index (χ4n) is 3.15. The Balaban J connectivity index is 2.15. The Hall–Kier alpha value is -0.820. The van der Waals surface area contributed by atoms with Crippen LogP contribution in [0.1, 0.15) is 57.1 Å². The van der Waals surface area contributed by atoms with Gasteiger partial charge in [-0.25, -0.2) is 0 Å². The third kappa shape index (κ3) is 2.90. The molecule has 2 N–H and O–H groups in total. The summed E-state index contributed by atoms with van der Waals surface area (Å²) in [4.78, 5) is 0. The zero-order valence-corrected chi connectivity index (χ0v) is 11.2. The van der Waals surface area contributed by atoms with Crippen molar-refractivity contribution in [1.82, 2.24) is 0 Å². The van der Waals surface area contributed by atoms with Gasteiger partial charge in [0.2, 0.25) is 0 Å². The van der Waals surface area contributed by atoms with E-state index in [1.54, 1.807) is 0 Å². The molecule has 17 heavy (non-hydrogen) atoms. The van der Waals surface area contributed by atoms with Gasteiger partial charge in [-0.2, -0.15) is 0 Å². The Bertz CT molecular complexity index is 354. The minimum atomic E-state index is -0.0671. The van der Waals surface area contributed by atoms with Crippen molar-refractivity contribution in [2.45, 2.75) is 57.9 Å². The topological polar surface area (TPSA) is 26.0 Å². The van der Waals surface area contributed by atoms with Crippen molar-refractivity contribution in [1.29, 1.82) is 0 Å². The van der Waals surface area contributed by atoms with Crippen LogP contribution in [0.5, 0.6) is 0 Å². The SMILES string of the molecule is CCCc1ccc(C2(N)CCCC(C)C2)cc1. The third-order valence-corrected chi connectivity index (χ3v) is 4.10. The Morgan fingerprint density at radius 3 is 2.59 bits per heavy atom. The molecular formula is C16H25N. The van der Waals surface area contributed by atoms with E-state index in [0.717, 1.165) is 18.8 Å². The minimum Gasteiger partial charge on any atom is -0.321 e. The van der Waals surface area contributed by atoms with Gasteiger partial charge in [0.15, 0.2) is 0 Å². The van der Waals surface area contributed by atoms with E-state index in [9.17, 15) is 0 Å². The van der Waals surface area contributed by atoms with Crippen LogP contribution in [0.25, 0.3) is 0 Å². The summed E-state index contributed by atoms with van der Waals surface area (Å²) in [5.41, 5.74) is 9.30. The molecule has 0 saturated heterocycles. The first-order chi connectivity index (χ1) is 8.14. The molecule has 1 saturated carbocycles. The molecule has 2 unspecified atom stereocenters. The third-order valence-electron chi connectivity index (χ3n) is 4.10. The van der Waals surface area contributed by atoms with Crippen LogP contribution in [-0.4, -0.2) is 0 Å². The summed E-state index contributed by atoms with van der Waals surface area (Å²) in [5.74, 6) is 0.768. The maximum absolute atomic E-state index is 6.59. The van der Waals surface area contributed by atoms with Gasteiger partial charge in [0.1, 0.15) is 0 Å². The predicted molar refractivity (Wildman–Crippen MR) is 73.9 cm³/mol. The van der Waals surface area contributed by atoms with E-state index in [2.05, 4.69) is 38.1 Å². The first-order valence-electron chi connectivity index (χ1n) is 7.02. The zero-order chi connectivity index (χ0) is 12.3. The molecule has 0 heterocycles. The average Bonchev–Trinajstić information content (AvgIpc) is 2.30. The molecule has 0 bridgehead atoms. The van der Waals surface area contributed by atoms with Gasteiger partial charge in [0.05, 0.1) is 0 Å². The Morgan fingerprint density at radius 2 is 2.00 bits per heavy atom. The molecule has 2 rings (SSSR count). The van der Waals surface area contributed by atoms with Gasteiger partial charge in [0, 0.05) is 5.54 Å². The number of hydrogen-bond acceptors (Lipinski definition) is 1. The first-order valence-corrected chi connectivity index (χ1v) is 7.02. The number of aryl methyl sites for hydroxylation is 1. The van der Waals surface area contributed by atoms with Crippen molar-refractivity contribution in [2.24, 2.45) is 11.7 Å². The standard InChI is InChI=1S/C16H25N/c1-3-5-14-7-9-15(10-8-14)16(17)11-4-6-13(2)12-16/h7-10,13H,3-6,11-12,17H2,1-2H3. The zero-order valence-electron chi connectivity index (χ0n) is 11.2. The molecule has 1 aromatic carbocycles. The molecule has 2 atom stereocenters. The maximum atomic E-state index is 6.59. The van der Waals surface area contributed by atoms with Crippen LogP contribution in [0.4, 0.5) is 0 Å². The second kappa shape index (κ2) is 5.22. The quantitative estimate of drug-likeness (QED) is 0.836. The lowest BCUT2D eigenvalue weighted by Crippen LogP contribution is -2.40. The highest BCUT2D eigenvalue weighted by atomic mass is 14.7. The lowest BCUT2D eigenvalue weighted by Gasteiger charge is -2.37. The van der Waals surface area contributed by atoms with Crippen LogP contribution < -0.4 is 5.73 Å². The maximum Gasteiger partial charge on any atom is 0.0412 e. The molecule has 0 aromatic heterocycles. The summed E-state index contributed by atoms with van der Waals surface area (Å²) in [6.07, 6.45) is 7.28. The lowest BCUT2D eigenvalue weighted by atomic mass is 9.73. The highest BCUT2D eigenvalue weighted by molar-refractivity contribution is 5.29. The molecule has 94 valence electrons. The highest BCUT2D eigenvalue weighted by Crippen LogP contribution is 2.37. The van der Waals surface area contributed by atoms with Gasteiger partial charge in [0.25, 0.3) is 0 Å². The predicted octanol–water partition coefficient (Wildman–Crippen LogP) is 4.00. The van der Waals surface area contributed by atoms with Gasteiger partial charge >= 0.3 is 0 Å². The summed E-state index contributed by atoms with van der Waals surface area (Å²) >= 11 is 0. The molecule has 0 radical (unpaired) electrons. The number of nitrogens with two attached hydrogens (primary N) is 1. The second-order valence-corrected chi connectivity index (χ2v) is 5.80. The molecule has 1 aliphatic carbocycles. The first kappa shape index (κ1) is 12.6. The summed E-state index contributed by atoms with van der Waals surface area (Å²) in [6, 6.07) is 9.02. The van der Waals surface area contributed by atoms with Crippen LogP contribution >= 0.6 is 0 Å². The van der Waals surface area contributed by atoms with Crippen molar-refractivity contribution in [2.75, 3.05) is 0 Å². The summed E-state index contributed by atoms with van der Waals surface area (Å²) in [6.45, 7) is 4.55. The van der Waals surface area contributed by atoms with Crippen molar-refractivity contribution in [3.05, 3.63) is 35.4 Å². The fraction of sp³-hybridized carbons (Fsp3) is 0.625. The van der Waals surface area contributed by atoms with Crippen LogP contribution in [0.3, 0.4) is 0 Å². The molecular weight excluding hydrogens is 206 g/mol. The molecule has 1 heteroatoms. The van der Waals surface area contributed by atoms with Crippen molar-refractivity contribution < 1.29 is 0 Å². The van der Waals surface area contributed by atoms with Gasteiger partial charge in [-0.3, -0.25) is 0 Å². The highest BCUT2D eigenvalue weighted by Gasteiger charge is 2.32. The van der Waals surface area contributed by atoms with Crippen molar-refractivity contribution >= 4 is 0 Å². The van der Waals surface area contributed by atoms with Crippen LogP contribution in [-0.2, 0) is 12.0 Å². The van der Waals surface area contributed by atoms with E-state index in [0.29, 0.717) is 0 Å². The van der Waals surface area contributed by atoms with E-state index in [4.69, 9.17) is 5.73 Å².